The van der Waals surface area contributed by atoms with Gasteiger partial charge in [0.2, 0.25) is 0 Å². The third-order valence-corrected chi connectivity index (χ3v) is 1.29. The van der Waals surface area contributed by atoms with Gasteiger partial charge in [-0.1, -0.05) is 30.3 Å². The van der Waals surface area contributed by atoms with E-state index in [9.17, 15) is 0 Å². The van der Waals surface area contributed by atoms with Gasteiger partial charge in [-0.2, -0.15) is 0 Å². The Hall–Kier alpha value is -0.820. The molecule has 1 nitrogen and oxygen atoms in total. The van der Waals surface area contributed by atoms with E-state index in [0.29, 0.717) is 0 Å². The topological polar surface area (TPSA) is 12.0 Å². The zero-order valence-electron chi connectivity index (χ0n) is 12.4. The van der Waals surface area contributed by atoms with Crippen molar-refractivity contribution in [1.29, 1.82) is 0 Å². The summed E-state index contributed by atoms with van der Waals surface area (Å²) in [5, 5.41) is 2.29. The van der Waals surface area contributed by atoms with Crippen LogP contribution < -0.4 is 5.32 Å². The van der Waals surface area contributed by atoms with Gasteiger partial charge in [0.15, 0.2) is 0 Å². The predicted molar refractivity (Wildman–Crippen MR) is 48.7 cm³/mol. The van der Waals surface area contributed by atoms with Crippen molar-refractivity contribution >= 4 is 0 Å². The molecule has 1 atom stereocenters. The molecule has 60 valence electrons. The predicted octanol–water partition coefficient (Wildman–Crippen LogP) is 1.84. The first-order valence-corrected chi connectivity index (χ1v) is 3.41. The summed E-state index contributed by atoms with van der Waals surface area (Å²) in [5.74, 6) is 0. The minimum Gasteiger partial charge on any atom is -0.317 e. The van der Waals surface area contributed by atoms with Crippen LogP contribution in [0.4, 0.5) is 0 Å². The standard InChI is InChI=1S/C10H15N/c1-9(11-2)8-10-6-4-3-5-7-10/h3-7,9,11H,8H2,1-2H3/i1D3,8D2,9D. The van der Waals surface area contributed by atoms with Crippen LogP contribution in [0.1, 0.15) is 20.6 Å². The van der Waals surface area contributed by atoms with E-state index in [1.54, 1.807) is 18.2 Å². The van der Waals surface area contributed by atoms with Crippen molar-refractivity contribution in [3.8, 4) is 0 Å². The molecule has 1 unspecified atom stereocenters. The zero-order chi connectivity index (χ0) is 13.3. The summed E-state index contributed by atoms with van der Waals surface area (Å²) < 4.78 is 45.8. The first-order chi connectivity index (χ1) is 7.67. The second-order valence-electron chi connectivity index (χ2n) is 2.12. The molecule has 0 aliphatic rings. The highest BCUT2D eigenvalue weighted by Gasteiger charge is 1.97. The van der Waals surface area contributed by atoms with Gasteiger partial charge in [0.1, 0.15) is 0 Å². The number of hydrogen-bond donors (Lipinski definition) is 1. The summed E-state index contributed by atoms with van der Waals surface area (Å²) in [6.07, 6.45) is -2.33. The van der Waals surface area contributed by atoms with Crippen LogP contribution in [0.15, 0.2) is 30.3 Å². The highest BCUT2D eigenvalue weighted by molar-refractivity contribution is 5.15. The second-order valence-corrected chi connectivity index (χ2v) is 2.12. The molecule has 1 N–H and O–H groups in total. The molecule has 0 bridgehead atoms. The van der Waals surface area contributed by atoms with E-state index in [0.717, 1.165) is 0 Å². The van der Waals surface area contributed by atoms with Crippen molar-refractivity contribution in [2.24, 2.45) is 0 Å². The van der Waals surface area contributed by atoms with Crippen LogP contribution in [-0.4, -0.2) is 13.1 Å². The SMILES string of the molecule is [2H]C([2H])([2H])C([2H])(NC)C([2H])([2H])c1ccccc1. The summed E-state index contributed by atoms with van der Waals surface area (Å²) in [5.41, 5.74) is 0.167. The molecule has 0 saturated carbocycles. The largest absolute Gasteiger partial charge is 0.317 e. The van der Waals surface area contributed by atoms with E-state index in [2.05, 4.69) is 5.32 Å². The maximum atomic E-state index is 7.93. The van der Waals surface area contributed by atoms with E-state index in [1.165, 1.54) is 19.2 Å². The first kappa shape index (κ1) is 3.28. The smallest absolute Gasteiger partial charge is 0.0465 e. The van der Waals surface area contributed by atoms with E-state index < -0.39 is 19.2 Å². The average molecular weight is 155 g/mol. The fourth-order valence-electron chi connectivity index (χ4n) is 0.728. The van der Waals surface area contributed by atoms with Gasteiger partial charge < -0.3 is 5.32 Å². The minimum atomic E-state index is -2.78. The number of rotatable bonds is 3. The van der Waals surface area contributed by atoms with Crippen LogP contribution >= 0.6 is 0 Å². The van der Waals surface area contributed by atoms with Gasteiger partial charge in [0.25, 0.3) is 0 Å². The van der Waals surface area contributed by atoms with Crippen LogP contribution in [0.2, 0.25) is 0 Å². The van der Waals surface area contributed by atoms with Crippen molar-refractivity contribution in [3.63, 3.8) is 0 Å². The van der Waals surface area contributed by atoms with E-state index >= 15 is 0 Å². The van der Waals surface area contributed by atoms with Crippen molar-refractivity contribution in [1.82, 2.24) is 5.32 Å². The normalized spacial score (nSPS) is 26.3. The molecule has 11 heavy (non-hydrogen) atoms. The van der Waals surface area contributed by atoms with Crippen LogP contribution in [0.3, 0.4) is 0 Å². The lowest BCUT2D eigenvalue weighted by molar-refractivity contribution is 0.608. The van der Waals surface area contributed by atoms with Gasteiger partial charge in [0.05, 0.1) is 0 Å². The average Bonchev–Trinajstić information content (AvgIpc) is 2.27. The molecule has 0 saturated heterocycles. The van der Waals surface area contributed by atoms with E-state index in [4.69, 9.17) is 8.22 Å². The molecule has 1 aromatic carbocycles. The maximum Gasteiger partial charge on any atom is 0.0465 e. The van der Waals surface area contributed by atoms with Crippen molar-refractivity contribution in [3.05, 3.63) is 35.9 Å². The molecule has 0 radical (unpaired) electrons. The second kappa shape index (κ2) is 4.14. The minimum absolute atomic E-state index is 0.167. The lowest BCUT2D eigenvalue weighted by atomic mass is 10.1. The summed E-state index contributed by atoms with van der Waals surface area (Å²) >= 11 is 0. The number of nitrogens with one attached hydrogen (secondary N) is 1. The molecule has 0 fully saturated rings. The molecule has 0 aliphatic carbocycles. The Bertz CT molecular complexity index is 374. The van der Waals surface area contributed by atoms with Gasteiger partial charge in [-0.25, -0.2) is 0 Å². The fraction of sp³-hybridized carbons (Fsp3) is 0.400. The summed E-state index contributed by atoms with van der Waals surface area (Å²) in [7, 11) is 1.28. The van der Waals surface area contributed by atoms with E-state index in [-0.39, 0.29) is 5.56 Å². The molecule has 0 spiro atoms. The summed E-state index contributed by atoms with van der Waals surface area (Å²) in [4.78, 5) is 0. The number of likely N-dealkylation sites (N-methyl/N-ethyl adjacent to an activating group) is 1. The lowest BCUT2D eigenvalue weighted by Gasteiger charge is -2.08. The summed E-state index contributed by atoms with van der Waals surface area (Å²) in [6.45, 7) is -2.78. The van der Waals surface area contributed by atoms with Crippen molar-refractivity contribution in [2.45, 2.75) is 19.2 Å². The highest BCUT2D eigenvalue weighted by atomic mass is 14.8. The summed E-state index contributed by atoms with van der Waals surface area (Å²) in [6, 6.07) is 5.51. The number of benzene rings is 1. The Labute approximate surface area is 76.9 Å². The van der Waals surface area contributed by atoms with Crippen LogP contribution in [-0.2, 0) is 6.37 Å². The monoisotopic (exact) mass is 155 g/mol. The first-order valence-electron chi connectivity index (χ1n) is 6.41. The van der Waals surface area contributed by atoms with Gasteiger partial charge in [-0.3, -0.25) is 0 Å². The fourth-order valence-corrected chi connectivity index (χ4v) is 0.728. The Morgan fingerprint density at radius 2 is 2.36 bits per heavy atom. The van der Waals surface area contributed by atoms with Crippen molar-refractivity contribution in [2.75, 3.05) is 7.05 Å². The van der Waals surface area contributed by atoms with Crippen LogP contribution in [0, 0.1) is 0 Å². The molecule has 0 heterocycles. The van der Waals surface area contributed by atoms with Gasteiger partial charge in [-0.05, 0) is 25.8 Å². The third-order valence-electron chi connectivity index (χ3n) is 1.29. The Morgan fingerprint density at radius 1 is 1.64 bits per heavy atom. The molecule has 0 aliphatic heterocycles. The van der Waals surface area contributed by atoms with E-state index in [1.807, 2.05) is 0 Å². The Morgan fingerprint density at radius 3 is 2.91 bits per heavy atom. The van der Waals surface area contributed by atoms with Gasteiger partial charge in [0, 0.05) is 14.2 Å². The molecule has 1 rings (SSSR count). The quantitative estimate of drug-likeness (QED) is 0.702. The Kier molecular flexibility index (Phi) is 1.23. The molecule has 0 amide bonds. The third kappa shape index (κ3) is 2.72. The molecule has 0 aromatic heterocycles. The van der Waals surface area contributed by atoms with Gasteiger partial charge in [-0.15, -0.1) is 0 Å². The molecular weight excluding hydrogens is 134 g/mol. The van der Waals surface area contributed by atoms with Crippen LogP contribution in [0.5, 0.6) is 0 Å². The van der Waals surface area contributed by atoms with Crippen LogP contribution in [0.25, 0.3) is 0 Å². The number of hydrogen-bond acceptors (Lipinski definition) is 1. The molecular formula is C10H15N. The highest BCUT2D eigenvalue weighted by Crippen LogP contribution is 2.01. The van der Waals surface area contributed by atoms with Gasteiger partial charge >= 0.3 is 0 Å². The lowest BCUT2D eigenvalue weighted by Crippen LogP contribution is -2.23. The Balaban J connectivity index is 3.29. The van der Waals surface area contributed by atoms with Crippen molar-refractivity contribution < 1.29 is 8.22 Å². The molecule has 1 heteroatoms. The maximum absolute atomic E-state index is 7.93. The zero-order valence-corrected chi connectivity index (χ0v) is 6.39. The molecule has 1 aromatic rings.